The second-order valence-electron chi connectivity index (χ2n) is 9.59. The van der Waals surface area contributed by atoms with Crippen molar-refractivity contribution in [1.82, 2.24) is 10.6 Å². The predicted octanol–water partition coefficient (Wildman–Crippen LogP) is 4.31. The molecule has 34 heavy (non-hydrogen) atoms. The normalized spacial score (nSPS) is 16.9. The molecule has 4 rings (SSSR count). The van der Waals surface area contributed by atoms with Gasteiger partial charge in [0.05, 0.1) is 5.41 Å². The molecule has 0 heterocycles. The fourth-order valence-corrected chi connectivity index (χ4v) is 5.15. The molecule has 1 fully saturated rings. The van der Waals surface area contributed by atoms with Crippen LogP contribution in [0.25, 0.3) is 11.1 Å². The third-order valence-corrected chi connectivity index (χ3v) is 7.11. The van der Waals surface area contributed by atoms with Crippen molar-refractivity contribution >= 4 is 18.0 Å². The first-order valence-electron chi connectivity index (χ1n) is 12.0. The topological polar surface area (TPSA) is 105 Å². The number of ether oxygens (including phenoxy) is 1. The number of hydrogen-bond donors (Lipinski definition) is 3. The van der Waals surface area contributed by atoms with Crippen LogP contribution in [0.2, 0.25) is 0 Å². The summed E-state index contributed by atoms with van der Waals surface area (Å²) in [5, 5.41) is 15.1. The largest absolute Gasteiger partial charge is 0.481 e. The lowest BCUT2D eigenvalue weighted by Crippen LogP contribution is -2.42. The van der Waals surface area contributed by atoms with Crippen molar-refractivity contribution in [1.29, 1.82) is 0 Å². The number of carboxylic acid groups (broad SMARTS) is 1. The van der Waals surface area contributed by atoms with Crippen LogP contribution in [0.15, 0.2) is 48.5 Å². The molecule has 0 bridgehead atoms. The molecule has 0 aromatic heterocycles. The van der Waals surface area contributed by atoms with Gasteiger partial charge in [0, 0.05) is 25.4 Å². The average molecular weight is 465 g/mol. The van der Waals surface area contributed by atoms with E-state index in [4.69, 9.17) is 4.74 Å². The Kier molecular flexibility index (Phi) is 7.20. The molecule has 3 N–H and O–H groups in total. The highest BCUT2D eigenvalue weighted by Gasteiger charge is 2.41. The molecule has 7 heteroatoms. The quantitative estimate of drug-likeness (QED) is 0.513. The van der Waals surface area contributed by atoms with E-state index < -0.39 is 17.5 Å². The van der Waals surface area contributed by atoms with Gasteiger partial charge in [0.1, 0.15) is 6.61 Å². The highest BCUT2D eigenvalue weighted by molar-refractivity contribution is 5.80. The molecule has 0 spiro atoms. The van der Waals surface area contributed by atoms with Crippen LogP contribution in [-0.2, 0) is 14.3 Å². The number of benzene rings is 2. The van der Waals surface area contributed by atoms with Gasteiger partial charge in [-0.2, -0.15) is 0 Å². The van der Waals surface area contributed by atoms with Gasteiger partial charge in [-0.25, -0.2) is 4.79 Å². The zero-order valence-electron chi connectivity index (χ0n) is 19.5. The molecule has 2 aromatic rings. The summed E-state index contributed by atoms with van der Waals surface area (Å²) in [4.78, 5) is 36.3. The molecule has 180 valence electrons. The Morgan fingerprint density at radius 3 is 2.18 bits per heavy atom. The Morgan fingerprint density at radius 2 is 1.59 bits per heavy atom. The van der Waals surface area contributed by atoms with Gasteiger partial charge < -0.3 is 20.5 Å². The van der Waals surface area contributed by atoms with Crippen molar-refractivity contribution in [2.24, 2.45) is 11.3 Å². The summed E-state index contributed by atoms with van der Waals surface area (Å²) >= 11 is 0. The van der Waals surface area contributed by atoms with Gasteiger partial charge in [-0.15, -0.1) is 0 Å². The van der Waals surface area contributed by atoms with E-state index in [1.807, 2.05) is 31.2 Å². The third kappa shape index (κ3) is 5.08. The monoisotopic (exact) mass is 464 g/mol. The molecule has 1 atom stereocenters. The van der Waals surface area contributed by atoms with Gasteiger partial charge in [0.15, 0.2) is 0 Å². The standard InChI is InChI=1S/C27H32N2O5/c1-18(14-24(30)29-17-27(25(31)32)12-6-7-13-27)15-28-26(33)34-16-23-21-10-4-2-8-19(21)20-9-3-5-11-22(20)23/h2-5,8-11,18,23H,6-7,12-17H2,1H3,(H,28,33)(H,29,30)(H,31,32). The summed E-state index contributed by atoms with van der Waals surface area (Å²) in [7, 11) is 0. The third-order valence-electron chi connectivity index (χ3n) is 7.11. The maximum atomic E-state index is 12.3. The number of aliphatic carboxylic acids is 1. The van der Waals surface area contributed by atoms with Crippen LogP contribution in [0, 0.1) is 11.3 Å². The van der Waals surface area contributed by atoms with E-state index >= 15 is 0 Å². The molecule has 0 radical (unpaired) electrons. The van der Waals surface area contributed by atoms with Crippen LogP contribution < -0.4 is 10.6 Å². The zero-order valence-corrected chi connectivity index (χ0v) is 19.5. The summed E-state index contributed by atoms with van der Waals surface area (Å²) < 4.78 is 5.53. The highest BCUT2D eigenvalue weighted by Crippen LogP contribution is 2.44. The first kappa shape index (κ1) is 23.8. The zero-order chi connectivity index (χ0) is 24.1. The Bertz CT molecular complexity index is 1010. The van der Waals surface area contributed by atoms with Gasteiger partial charge in [-0.05, 0) is 41.0 Å². The second kappa shape index (κ2) is 10.3. The van der Waals surface area contributed by atoms with Gasteiger partial charge in [0.2, 0.25) is 5.91 Å². The van der Waals surface area contributed by atoms with Crippen LogP contribution in [0.5, 0.6) is 0 Å². The average Bonchev–Trinajstić information content (AvgIpc) is 3.44. The van der Waals surface area contributed by atoms with E-state index in [1.54, 1.807) is 0 Å². The smallest absolute Gasteiger partial charge is 0.407 e. The van der Waals surface area contributed by atoms with Crippen LogP contribution in [0.4, 0.5) is 4.79 Å². The Morgan fingerprint density at radius 1 is 1.00 bits per heavy atom. The fraction of sp³-hybridized carbons (Fsp3) is 0.444. The minimum atomic E-state index is -0.838. The van der Waals surface area contributed by atoms with Crippen molar-refractivity contribution in [3.05, 3.63) is 59.7 Å². The first-order valence-corrected chi connectivity index (χ1v) is 12.0. The van der Waals surface area contributed by atoms with E-state index in [1.165, 1.54) is 11.1 Å². The Hall–Kier alpha value is -3.35. The lowest BCUT2D eigenvalue weighted by Gasteiger charge is -2.24. The number of carbonyl (C=O) groups excluding carboxylic acids is 2. The number of alkyl carbamates (subject to hydrolysis) is 1. The number of nitrogens with one attached hydrogen (secondary N) is 2. The fourth-order valence-electron chi connectivity index (χ4n) is 5.15. The van der Waals surface area contributed by atoms with E-state index in [2.05, 4.69) is 34.9 Å². The molecule has 0 aliphatic heterocycles. The molecule has 0 saturated heterocycles. The summed E-state index contributed by atoms with van der Waals surface area (Å²) in [5.41, 5.74) is 3.83. The van der Waals surface area contributed by atoms with Crippen LogP contribution in [0.1, 0.15) is 56.1 Å². The second-order valence-corrected chi connectivity index (χ2v) is 9.59. The lowest BCUT2D eigenvalue weighted by molar-refractivity contribution is -0.148. The maximum Gasteiger partial charge on any atom is 0.407 e. The molecule has 2 aliphatic rings. The van der Waals surface area contributed by atoms with Crippen molar-refractivity contribution in [3.63, 3.8) is 0 Å². The van der Waals surface area contributed by atoms with Crippen LogP contribution in [-0.4, -0.2) is 42.8 Å². The summed E-state index contributed by atoms with van der Waals surface area (Å²) in [6.45, 7) is 2.57. The SMILES string of the molecule is CC(CNC(=O)OCC1c2ccccc2-c2ccccc21)CC(=O)NCC1(C(=O)O)CCCC1. The lowest BCUT2D eigenvalue weighted by atomic mass is 9.86. The van der Waals surface area contributed by atoms with Crippen molar-refractivity contribution in [2.75, 3.05) is 19.7 Å². The van der Waals surface area contributed by atoms with Gasteiger partial charge >= 0.3 is 12.1 Å². The molecule has 1 unspecified atom stereocenters. The minimum absolute atomic E-state index is 0.00139. The number of fused-ring (bicyclic) bond motifs is 3. The number of hydrogen-bond acceptors (Lipinski definition) is 4. The molecule has 2 amide bonds. The van der Waals surface area contributed by atoms with E-state index in [-0.39, 0.29) is 37.3 Å². The molecular weight excluding hydrogens is 432 g/mol. The van der Waals surface area contributed by atoms with Crippen molar-refractivity contribution < 1.29 is 24.2 Å². The Balaban J connectivity index is 1.22. The number of carbonyl (C=O) groups is 3. The molecule has 1 saturated carbocycles. The summed E-state index contributed by atoms with van der Waals surface area (Å²) in [5.74, 6) is -1.15. The van der Waals surface area contributed by atoms with E-state index in [0.717, 1.165) is 24.0 Å². The highest BCUT2D eigenvalue weighted by atomic mass is 16.5. The summed E-state index contributed by atoms with van der Waals surface area (Å²) in [6, 6.07) is 16.3. The first-order chi connectivity index (χ1) is 16.4. The maximum absolute atomic E-state index is 12.3. The van der Waals surface area contributed by atoms with Crippen molar-refractivity contribution in [2.45, 2.75) is 44.9 Å². The van der Waals surface area contributed by atoms with Crippen LogP contribution in [0.3, 0.4) is 0 Å². The Labute approximate surface area is 199 Å². The van der Waals surface area contributed by atoms with Crippen molar-refractivity contribution in [3.8, 4) is 11.1 Å². The number of amides is 2. The molecule has 2 aromatic carbocycles. The molecule has 7 nitrogen and oxygen atoms in total. The van der Waals surface area contributed by atoms with Gasteiger partial charge in [0.25, 0.3) is 0 Å². The minimum Gasteiger partial charge on any atom is -0.481 e. The predicted molar refractivity (Wildman–Crippen MR) is 128 cm³/mol. The molecular formula is C27H32N2O5. The van der Waals surface area contributed by atoms with Crippen LogP contribution >= 0.6 is 0 Å². The number of rotatable bonds is 9. The van der Waals surface area contributed by atoms with Gasteiger partial charge in [-0.1, -0.05) is 68.3 Å². The van der Waals surface area contributed by atoms with E-state index in [9.17, 15) is 19.5 Å². The summed E-state index contributed by atoms with van der Waals surface area (Å²) in [6.07, 6.45) is 2.65. The number of carboxylic acids is 1. The molecule has 2 aliphatic carbocycles. The van der Waals surface area contributed by atoms with E-state index in [0.29, 0.717) is 19.4 Å². The van der Waals surface area contributed by atoms with Gasteiger partial charge in [-0.3, -0.25) is 9.59 Å².